The zero-order chi connectivity index (χ0) is 18.1. The molecule has 6 nitrogen and oxygen atoms in total. The molecule has 25 heavy (non-hydrogen) atoms. The number of nitrogens with one attached hydrogen (secondary N) is 2. The molecule has 1 amide bonds. The molecule has 136 valence electrons. The number of carbonyl (C=O) groups excluding carboxylic acids is 1. The van der Waals surface area contributed by atoms with E-state index in [9.17, 15) is 13.2 Å². The largest absolute Gasteiger partial charge is 0.352 e. The predicted octanol–water partition coefficient (Wildman–Crippen LogP) is 1.74. The summed E-state index contributed by atoms with van der Waals surface area (Å²) in [6, 6.07) is 9.84. The molecule has 0 unspecified atom stereocenters. The third-order valence-corrected chi connectivity index (χ3v) is 6.00. The monoisotopic (exact) mass is 381 g/mol. The lowest BCUT2D eigenvalue weighted by Crippen LogP contribution is -2.26. The molecule has 0 radical (unpaired) electrons. The van der Waals surface area contributed by atoms with Gasteiger partial charge in [-0.1, -0.05) is 6.07 Å². The summed E-state index contributed by atoms with van der Waals surface area (Å²) in [6.45, 7) is 1.49. The van der Waals surface area contributed by atoms with Crippen molar-refractivity contribution >= 4 is 27.3 Å². The normalized spacial score (nSPS) is 11.4. The number of sulfonamides is 1. The predicted molar refractivity (Wildman–Crippen MR) is 100 cm³/mol. The van der Waals surface area contributed by atoms with Gasteiger partial charge in [-0.05, 0) is 61.5 Å². The lowest BCUT2D eigenvalue weighted by Gasteiger charge is -2.08. The van der Waals surface area contributed by atoms with Crippen molar-refractivity contribution in [3.63, 3.8) is 0 Å². The second kappa shape index (κ2) is 9.67. The van der Waals surface area contributed by atoms with E-state index in [4.69, 9.17) is 5.73 Å². The number of carbonyl (C=O) groups is 1. The standard InChI is InChI=1S/C17H23N3O3S2/c18-10-1-2-11-19-17(21)14-5-7-16(8-6-14)25(22,23)20-12-9-15-4-3-13-24-15/h3-8,13,20H,1-2,9-12,18H2,(H,19,21). The molecule has 0 bridgehead atoms. The number of nitrogens with two attached hydrogens (primary N) is 1. The summed E-state index contributed by atoms with van der Waals surface area (Å²) in [5.74, 6) is -0.216. The van der Waals surface area contributed by atoms with Crippen LogP contribution in [0.5, 0.6) is 0 Å². The Morgan fingerprint density at radius 2 is 1.84 bits per heavy atom. The first kappa shape index (κ1) is 19.6. The molecule has 0 aliphatic carbocycles. The molecule has 0 saturated carbocycles. The maximum absolute atomic E-state index is 12.3. The van der Waals surface area contributed by atoms with Crippen LogP contribution < -0.4 is 15.8 Å². The highest BCUT2D eigenvalue weighted by molar-refractivity contribution is 7.89. The van der Waals surface area contributed by atoms with Gasteiger partial charge in [0.2, 0.25) is 10.0 Å². The average molecular weight is 382 g/mol. The number of rotatable bonds is 10. The van der Waals surface area contributed by atoms with E-state index in [1.54, 1.807) is 11.3 Å². The first-order valence-corrected chi connectivity index (χ1v) is 10.5. The maximum atomic E-state index is 12.3. The molecule has 1 aromatic carbocycles. The average Bonchev–Trinajstić information content (AvgIpc) is 3.12. The minimum atomic E-state index is -3.57. The Kier molecular flexibility index (Phi) is 7.57. The summed E-state index contributed by atoms with van der Waals surface area (Å²) >= 11 is 1.60. The van der Waals surface area contributed by atoms with Crippen molar-refractivity contribution < 1.29 is 13.2 Å². The first-order valence-electron chi connectivity index (χ1n) is 8.13. The number of hydrogen-bond acceptors (Lipinski definition) is 5. The summed E-state index contributed by atoms with van der Waals surface area (Å²) in [5, 5.41) is 4.75. The molecule has 0 aliphatic heterocycles. The molecule has 0 aliphatic rings. The number of unbranched alkanes of at least 4 members (excludes halogenated alkanes) is 1. The van der Waals surface area contributed by atoms with Crippen molar-refractivity contribution in [1.29, 1.82) is 0 Å². The molecule has 0 fully saturated rings. The van der Waals surface area contributed by atoms with Gasteiger partial charge in [0.05, 0.1) is 4.90 Å². The third kappa shape index (κ3) is 6.24. The molecule has 0 saturated heterocycles. The highest BCUT2D eigenvalue weighted by Gasteiger charge is 2.14. The van der Waals surface area contributed by atoms with E-state index in [1.165, 1.54) is 24.3 Å². The van der Waals surface area contributed by atoms with Gasteiger partial charge in [0.1, 0.15) is 0 Å². The van der Waals surface area contributed by atoms with Crippen molar-refractivity contribution in [2.75, 3.05) is 19.6 Å². The molecule has 8 heteroatoms. The summed E-state index contributed by atoms with van der Waals surface area (Å²) in [6.07, 6.45) is 2.33. The summed E-state index contributed by atoms with van der Waals surface area (Å²) in [5.41, 5.74) is 5.84. The van der Waals surface area contributed by atoms with Gasteiger partial charge in [0, 0.05) is 23.5 Å². The van der Waals surface area contributed by atoms with Crippen molar-refractivity contribution in [2.45, 2.75) is 24.2 Å². The van der Waals surface area contributed by atoms with Crippen molar-refractivity contribution in [2.24, 2.45) is 5.73 Å². The quantitative estimate of drug-likeness (QED) is 0.546. The van der Waals surface area contributed by atoms with Crippen LogP contribution in [0.15, 0.2) is 46.7 Å². The Balaban J connectivity index is 1.87. The maximum Gasteiger partial charge on any atom is 0.251 e. The van der Waals surface area contributed by atoms with Crippen LogP contribution in [0.1, 0.15) is 28.1 Å². The van der Waals surface area contributed by atoms with E-state index >= 15 is 0 Å². The Hall–Kier alpha value is -1.74. The number of benzene rings is 1. The second-order valence-electron chi connectivity index (χ2n) is 5.50. The Morgan fingerprint density at radius 3 is 2.48 bits per heavy atom. The van der Waals surface area contributed by atoms with Crippen LogP contribution in [0, 0.1) is 0 Å². The highest BCUT2D eigenvalue weighted by Crippen LogP contribution is 2.12. The minimum absolute atomic E-state index is 0.151. The van der Waals surface area contributed by atoms with E-state index in [0.717, 1.165) is 17.7 Å². The molecular formula is C17H23N3O3S2. The van der Waals surface area contributed by atoms with Crippen LogP contribution >= 0.6 is 11.3 Å². The van der Waals surface area contributed by atoms with Gasteiger partial charge < -0.3 is 11.1 Å². The first-order chi connectivity index (χ1) is 12.0. The van der Waals surface area contributed by atoms with E-state index in [0.29, 0.717) is 31.6 Å². The van der Waals surface area contributed by atoms with Crippen LogP contribution in [0.4, 0.5) is 0 Å². The Morgan fingerprint density at radius 1 is 1.08 bits per heavy atom. The van der Waals surface area contributed by atoms with Crippen LogP contribution in [-0.2, 0) is 16.4 Å². The summed E-state index contributed by atoms with van der Waals surface area (Å²) < 4.78 is 27.1. The van der Waals surface area contributed by atoms with E-state index in [-0.39, 0.29) is 10.8 Å². The van der Waals surface area contributed by atoms with Gasteiger partial charge in [0.25, 0.3) is 5.91 Å². The van der Waals surface area contributed by atoms with Crippen molar-refractivity contribution in [3.8, 4) is 0 Å². The van der Waals surface area contributed by atoms with Crippen LogP contribution in [0.3, 0.4) is 0 Å². The summed E-state index contributed by atoms with van der Waals surface area (Å²) in [7, 11) is -3.57. The summed E-state index contributed by atoms with van der Waals surface area (Å²) in [4.78, 5) is 13.2. The smallest absolute Gasteiger partial charge is 0.251 e. The van der Waals surface area contributed by atoms with E-state index in [1.807, 2.05) is 17.5 Å². The fourth-order valence-corrected chi connectivity index (χ4v) is 3.95. The molecule has 1 aromatic heterocycles. The number of amides is 1. The molecule has 1 heterocycles. The minimum Gasteiger partial charge on any atom is -0.352 e. The topological polar surface area (TPSA) is 101 Å². The number of thiophene rings is 1. The third-order valence-electron chi connectivity index (χ3n) is 3.59. The molecule has 0 spiro atoms. The van der Waals surface area contributed by atoms with E-state index in [2.05, 4.69) is 10.0 Å². The van der Waals surface area contributed by atoms with Gasteiger partial charge in [-0.3, -0.25) is 4.79 Å². The highest BCUT2D eigenvalue weighted by atomic mass is 32.2. The lowest BCUT2D eigenvalue weighted by molar-refractivity contribution is 0.0953. The van der Waals surface area contributed by atoms with Gasteiger partial charge >= 0.3 is 0 Å². The van der Waals surface area contributed by atoms with Crippen molar-refractivity contribution in [3.05, 3.63) is 52.2 Å². The second-order valence-corrected chi connectivity index (χ2v) is 8.30. The molecule has 2 aromatic rings. The van der Waals surface area contributed by atoms with Gasteiger partial charge in [0.15, 0.2) is 0 Å². The number of hydrogen-bond donors (Lipinski definition) is 3. The zero-order valence-electron chi connectivity index (χ0n) is 13.9. The van der Waals surface area contributed by atoms with Crippen molar-refractivity contribution in [1.82, 2.24) is 10.0 Å². The molecular weight excluding hydrogens is 358 g/mol. The fraction of sp³-hybridized carbons (Fsp3) is 0.353. The Bertz CT molecular complexity index is 757. The SMILES string of the molecule is NCCCCNC(=O)c1ccc(S(=O)(=O)NCCc2cccs2)cc1. The lowest BCUT2D eigenvalue weighted by atomic mass is 10.2. The van der Waals surface area contributed by atoms with Crippen LogP contribution in [-0.4, -0.2) is 34.0 Å². The van der Waals surface area contributed by atoms with Crippen LogP contribution in [0.2, 0.25) is 0 Å². The molecule has 2 rings (SSSR count). The van der Waals surface area contributed by atoms with Gasteiger partial charge in [-0.25, -0.2) is 13.1 Å². The molecule has 0 atom stereocenters. The van der Waals surface area contributed by atoms with Crippen LogP contribution in [0.25, 0.3) is 0 Å². The zero-order valence-corrected chi connectivity index (χ0v) is 15.5. The van der Waals surface area contributed by atoms with Gasteiger partial charge in [-0.2, -0.15) is 0 Å². The van der Waals surface area contributed by atoms with Gasteiger partial charge in [-0.15, -0.1) is 11.3 Å². The Labute approximate surface area is 152 Å². The molecule has 4 N–H and O–H groups in total. The van der Waals surface area contributed by atoms with E-state index < -0.39 is 10.0 Å². The fourth-order valence-electron chi connectivity index (χ4n) is 2.21.